The van der Waals surface area contributed by atoms with Crippen LogP contribution in [0.1, 0.15) is 31.2 Å². The monoisotopic (exact) mass is 248 g/mol. The van der Waals surface area contributed by atoms with Gasteiger partial charge >= 0.3 is 0 Å². The van der Waals surface area contributed by atoms with E-state index in [1.165, 1.54) is 31.7 Å². The van der Waals surface area contributed by atoms with Gasteiger partial charge in [0.1, 0.15) is 18.2 Å². The van der Waals surface area contributed by atoms with E-state index in [4.69, 9.17) is 9.84 Å². The number of ether oxygens (including phenoxy) is 1. The van der Waals surface area contributed by atoms with Crippen molar-refractivity contribution in [1.29, 1.82) is 0 Å². The molecule has 18 heavy (non-hydrogen) atoms. The van der Waals surface area contributed by atoms with Crippen LogP contribution in [0.15, 0.2) is 18.2 Å². The van der Waals surface area contributed by atoms with Crippen molar-refractivity contribution in [2.45, 2.75) is 25.7 Å². The molecule has 0 saturated heterocycles. The van der Waals surface area contributed by atoms with Gasteiger partial charge in [0.15, 0.2) is 0 Å². The number of hydrogen-bond donors (Lipinski definition) is 1. The average molecular weight is 248 g/mol. The van der Waals surface area contributed by atoms with Gasteiger partial charge in [-0.15, -0.1) is 0 Å². The molecule has 0 heterocycles. The summed E-state index contributed by atoms with van der Waals surface area (Å²) in [7, 11) is 0. The molecule has 0 unspecified atom stereocenters. The van der Waals surface area contributed by atoms with E-state index in [-0.39, 0.29) is 12.2 Å². The van der Waals surface area contributed by atoms with E-state index in [2.05, 4.69) is 11.8 Å². The minimum atomic E-state index is -0.403. The minimum Gasteiger partial charge on any atom is -0.493 e. The molecular weight excluding hydrogens is 231 g/mol. The van der Waals surface area contributed by atoms with Crippen LogP contribution in [0.5, 0.6) is 5.75 Å². The van der Waals surface area contributed by atoms with E-state index in [1.54, 1.807) is 12.1 Å². The van der Waals surface area contributed by atoms with Gasteiger partial charge in [-0.05, 0) is 30.9 Å². The number of rotatable bonds is 3. The van der Waals surface area contributed by atoms with E-state index in [9.17, 15) is 4.39 Å². The van der Waals surface area contributed by atoms with Crippen LogP contribution in [-0.2, 0) is 0 Å². The average Bonchev–Trinajstić information content (AvgIpc) is 2.88. The Morgan fingerprint density at radius 1 is 1.33 bits per heavy atom. The summed E-state index contributed by atoms with van der Waals surface area (Å²) in [5.41, 5.74) is 0.289. The molecule has 1 aliphatic rings. The smallest absolute Gasteiger partial charge is 0.142 e. The summed E-state index contributed by atoms with van der Waals surface area (Å²) in [6, 6.07) is 4.66. The topological polar surface area (TPSA) is 29.5 Å². The molecule has 0 aromatic heterocycles. The van der Waals surface area contributed by atoms with Gasteiger partial charge in [0.25, 0.3) is 0 Å². The van der Waals surface area contributed by atoms with E-state index >= 15 is 0 Å². The van der Waals surface area contributed by atoms with Gasteiger partial charge in [0.2, 0.25) is 0 Å². The van der Waals surface area contributed by atoms with Crippen molar-refractivity contribution in [1.82, 2.24) is 0 Å². The Morgan fingerprint density at radius 3 is 2.78 bits per heavy atom. The first kappa shape index (κ1) is 12.9. The van der Waals surface area contributed by atoms with Gasteiger partial charge in [0.05, 0.1) is 12.2 Å². The number of benzene rings is 1. The molecule has 1 aliphatic carbocycles. The lowest BCUT2D eigenvalue weighted by molar-refractivity contribution is 0.251. The zero-order valence-corrected chi connectivity index (χ0v) is 10.3. The van der Waals surface area contributed by atoms with Crippen LogP contribution in [0.2, 0.25) is 0 Å². The highest BCUT2D eigenvalue weighted by Crippen LogP contribution is 2.26. The van der Waals surface area contributed by atoms with Crippen LogP contribution >= 0.6 is 0 Å². The Balaban J connectivity index is 1.95. The molecule has 0 atom stereocenters. The summed E-state index contributed by atoms with van der Waals surface area (Å²) in [5.74, 6) is 5.74. The number of aliphatic hydroxyl groups excluding tert-OH is 1. The fourth-order valence-corrected chi connectivity index (χ4v) is 2.21. The van der Waals surface area contributed by atoms with Gasteiger partial charge in [-0.3, -0.25) is 0 Å². The van der Waals surface area contributed by atoms with Crippen molar-refractivity contribution < 1.29 is 14.2 Å². The molecule has 2 rings (SSSR count). The summed E-state index contributed by atoms with van der Waals surface area (Å²) in [5, 5.41) is 8.56. The molecule has 1 saturated carbocycles. The lowest BCUT2D eigenvalue weighted by Crippen LogP contribution is -2.08. The van der Waals surface area contributed by atoms with Gasteiger partial charge in [0, 0.05) is 6.07 Å². The molecule has 3 heteroatoms. The second kappa shape index (κ2) is 6.42. The summed E-state index contributed by atoms with van der Waals surface area (Å²) in [4.78, 5) is 0. The molecule has 0 aliphatic heterocycles. The summed E-state index contributed by atoms with van der Waals surface area (Å²) >= 11 is 0. The second-order valence-corrected chi connectivity index (χ2v) is 4.56. The Hall–Kier alpha value is -1.53. The third-order valence-corrected chi connectivity index (χ3v) is 3.20. The van der Waals surface area contributed by atoms with Crippen molar-refractivity contribution in [3.05, 3.63) is 29.6 Å². The van der Waals surface area contributed by atoms with Crippen molar-refractivity contribution >= 4 is 0 Å². The first-order chi connectivity index (χ1) is 8.79. The molecule has 1 N–H and O–H groups in total. The van der Waals surface area contributed by atoms with E-state index < -0.39 is 5.82 Å². The number of hydrogen-bond acceptors (Lipinski definition) is 2. The molecule has 0 radical (unpaired) electrons. The summed E-state index contributed by atoms with van der Waals surface area (Å²) in [6.07, 6.45) is 4.97. The zero-order chi connectivity index (χ0) is 12.8. The molecule has 0 spiro atoms. The molecule has 0 bridgehead atoms. The molecule has 96 valence electrons. The maximum atomic E-state index is 13.6. The first-order valence-corrected chi connectivity index (χ1v) is 6.31. The Kier molecular flexibility index (Phi) is 4.60. The Bertz CT molecular complexity index is 453. The lowest BCUT2D eigenvalue weighted by atomic mass is 10.1. The Labute approximate surface area is 107 Å². The zero-order valence-electron chi connectivity index (χ0n) is 10.3. The van der Waals surface area contributed by atoms with E-state index in [0.29, 0.717) is 18.3 Å². The van der Waals surface area contributed by atoms with Gasteiger partial charge < -0.3 is 9.84 Å². The van der Waals surface area contributed by atoms with Crippen LogP contribution in [-0.4, -0.2) is 18.3 Å². The predicted molar refractivity (Wildman–Crippen MR) is 67.8 cm³/mol. The quantitative estimate of drug-likeness (QED) is 0.833. The molecule has 1 fully saturated rings. The van der Waals surface area contributed by atoms with E-state index in [1.807, 2.05) is 0 Å². The third kappa shape index (κ3) is 3.48. The first-order valence-electron chi connectivity index (χ1n) is 6.31. The third-order valence-electron chi connectivity index (χ3n) is 3.20. The SMILES string of the molecule is OCC#Cc1ccc(OCC2CCCC2)cc1F. The highest BCUT2D eigenvalue weighted by molar-refractivity contribution is 5.39. The van der Waals surface area contributed by atoms with Crippen molar-refractivity contribution in [3.63, 3.8) is 0 Å². The summed E-state index contributed by atoms with van der Waals surface area (Å²) in [6.45, 7) is 0.403. The molecular formula is C15H17FO2. The van der Waals surface area contributed by atoms with Crippen LogP contribution < -0.4 is 4.74 Å². The lowest BCUT2D eigenvalue weighted by Gasteiger charge is -2.11. The normalized spacial score (nSPS) is 15.2. The maximum absolute atomic E-state index is 13.6. The van der Waals surface area contributed by atoms with Gasteiger partial charge in [-0.1, -0.05) is 24.7 Å². The number of aliphatic hydroxyl groups is 1. The molecule has 2 nitrogen and oxygen atoms in total. The largest absolute Gasteiger partial charge is 0.493 e. The van der Waals surface area contributed by atoms with Crippen molar-refractivity contribution in [2.75, 3.05) is 13.2 Å². The van der Waals surface area contributed by atoms with Crippen LogP contribution in [0.25, 0.3) is 0 Å². The predicted octanol–water partition coefficient (Wildman–Crippen LogP) is 2.74. The van der Waals surface area contributed by atoms with Crippen LogP contribution in [0.3, 0.4) is 0 Å². The summed E-state index contributed by atoms with van der Waals surface area (Å²) < 4.78 is 19.2. The number of halogens is 1. The fourth-order valence-electron chi connectivity index (χ4n) is 2.21. The van der Waals surface area contributed by atoms with Crippen molar-refractivity contribution in [3.8, 4) is 17.6 Å². The molecule has 1 aromatic rings. The van der Waals surface area contributed by atoms with Crippen LogP contribution in [0.4, 0.5) is 4.39 Å². The Morgan fingerprint density at radius 2 is 2.11 bits per heavy atom. The standard InChI is InChI=1S/C15H17FO2/c16-15-10-14(8-7-13(15)6-3-9-17)18-11-12-4-1-2-5-12/h7-8,10,12,17H,1-2,4-5,9,11H2. The highest BCUT2D eigenvalue weighted by atomic mass is 19.1. The van der Waals surface area contributed by atoms with Gasteiger partial charge in [-0.25, -0.2) is 4.39 Å². The van der Waals surface area contributed by atoms with Crippen molar-refractivity contribution in [2.24, 2.45) is 5.92 Å². The second-order valence-electron chi connectivity index (χ2n) is 4.56. The highest BCUT2D eigenvalue weighted by Gasteiger charge is 2.15. The fraction of sp³-hybridized carbons (Fsp3) is 0.467. The minimum absolute atomic E-state index is 0.265. The van der Waals surface area contributed by atoms with Gasteiger partial charge in [-0.2, -0.15) is 0 Å². The molecule has 0 amide bonds. The molecule has 1 aromatic carbocycles. The van der Waals surface area contributed by atoms with Crippen LogP contribution in [0, 0.1) is 23.6 Å². The van der Waals surface area contributed by atoms with E-state index in [0.717, 1.165) is 0 Å². The maximum Gasteiger partial charge on any atom is 0.142 e.